The lowest BCUT2D eigenvalue weighted by Gasteiger charge is -2.22. The predicted molar refractivity (Wildman–Crippen MR) is 85.9 cm³/mol. The summed E-state index contributed by atoms with van der Waals surface area (Å²) in [6.07, 6.45) is 4.80. The van der Waals surface area contributed by atoms with E-state index in [0.717, 1.165) is 52.0 Å². The SMILES string of the molecule is CCN(CC)CCCNC(=O)c1cn(C2CCNCC2)nn1. The molecule has 2 N–H and O–H groups in total. The third-order valence-electron chi connectivity index (χ3n) is 4.26. The number of hydrogen-bond acceptors (Lipinski definition) is 5. The minimum Gasteiger partial charge on any atom is -0.351 e. The van der Waals surface area contributed by atoms with Crippen molar-refractivity contribution in [3.8, 4) is 0 Å². The highest BCUT2D eigenvalue weighted by atomic mass is 16.2. The highest BCUT2D eigenvalue weighted by Gasteiger charge is 2.18. The number of piperidine rings is 1. The molecule has 2 heterocycles. The molecule has 7 nitrogen and oxygen atoms in total. The number of carbonyl (C=O) groups is 1. The zero-order valence-corrected chi connectivity index (χ0v) is 13.7. The Labute approximate surface area is 132 Å². The fourth-order valence-electron chi connectivity index (χ4n) is 2.77. The van der Waals surface area contributed by atoms with E-state index in [1.165, 1.54) is 0 Å². The first-order valence-corrected chi connectivity index (χ1v) is 8.37. The minimum absolute atomic E-state index is 0.125. The van der Waals surface area contributed by atoms with Gasteiger partial charge in [0.05, 0.1) is 12.2 Å². The molecule has 0 bridgehead atoms. The van der Waals surface area contributed by atoms with Crippen LogP contribution < -0.4 is 10.6 Å². The molecule has 0 unspecified atom stereocenters. The largest absolute Gasteiger partial charge is 0.351 e. The summed E-state index contributed by atoms with van der Waals surface area (Å²) in [5.41, 5.74) is 0.418. The zero-order chi connectivity index (χ0) is 15.8. The van der Waals surface area contributed by atoms with Crippen LogP contribution in [0.5, 0.6) is 0 Å². The molecule has 0 radical (unpaired) electrons. The van der Waals surface area contributed by atoms with Crippen LogP contribution in [0.4, 0.5) is 0 Å². The number of hydrogen-bond donors (Lipinski definition) is 2. The Morgan fingerprint density at radius 1 is 1.41 bits per heavy atom. The Morgan fingerprint density at radius 2 is 2.14 bits per heavy atom. The van der Waals surface area contributed by atoms with Crippen molar-refractivity contribution in [2.75, 3.05) is 39.3 Å². The molecule has 1 aliphatic heterocycles. The summed E-state index contributed by atoms with van der Waals surface area (Å²) >= 11 is 0. The number of amides is 1. The molecule has 2 rings (SSSR count). The molecule has 0 aromatic carbocycles. The third-order valence-corrected chi connectivity index (χ3v) is 4.26. The smallest absolute Gasteiger partial charge is 0.273 e. The lowest BCUT2D eigenvalue weighted by molar-refractivity contribution is 0.0946. The van der Waals surface area contributed by atoms with Crippen molar-refractivity contribution in [2.24, 2.45) is 0 Å². The molecule has 7 heteroatoms. The van der Waals surface area contributed by atoms with Gasteiger partial charge in [-0.3, -0.25) is 4.79 Å². The van der Waals surface area contributed by atoms with Gasteiger partial charge in [-0.25, -0.2) is 4.68 Å². The Hall–Kier alpha value is -1.47. The molecule has 1 aromatic heterocycles. The quantitative estimate of drug-likeness (QED) is 0.690. The number of carbonyl (C=O) groups excluding carboxylic acids is 1. The molecule has 1 aliphatic rings. The van der Waals surface area contributed by atoms with Gasteiger partial charge in [0.1, 0.15) is 0 Å². The lowest BCUT2D eigenvalue weighted by atomic mass is 10.1. The Kier molecular flexibility index (Phi) is 6.79. The number of nitrogens with zero attached hydrogens (tertiary/aromatic N) is 4. The van der Waals surface area contributed by atoms with Crippen molar-refractivity contribution in [1.82, 2.24) is 30.5 Å². The number of nitrogens with one attached hydrogen (secondary N) is 2. The summed E-state index contributed by atoms with van der Waals surface area (Å²) in [6, 6.07) is 0.359. The second-order valence-electron chi connectivity index (χ2n) is 5.70. The fourth-order valence-corrected chi connectivity index (χ4v) is 2.77. The Morgan fingerprint density at radius 3 is 2.82 bits per heavy atom. The molecular formula is C15H28N6O. The van der Waals surface area contributed by atoms with Crippen LogP contribution in [0, 0.1) is 0 Å². The van der Waals surface area contributed by atoms with Crippen molar-refractivity contribution in [3.05, 3.63) is 11.9 Å². The molecule has 1 fully saturated rings. The van der Waals surface area contributed by atoms with Crippen molar-refractivity contribution in [1.29, 1.82) is 0 Å². The molecule has 1 saturated heterocycles. The monoisotopic (exact) mass is 308 g/mol. The molecule has 1 aromatic rings. The first-order valence-electron chi connectivity index (χ1n) is 8.37. The van der Waals surface area contributed by atoms with E-state index in [2.05, 4.69) is 39.7 Å². The summed E-state index contributed by atoms with van der Waals surface area (Å²) in [5.74, 6) is -0.125. The van der Waals surface area contributed by atoms with E-state index in [1.54, 1.807) is 6.20 Å². The van der Waals surface area contributed by atoms with E-state index in [-0.39, 0.29) is 5.91 Å². The first kappa shape index (κ1) is 16.9. The van der Waals surface area contributed by atoms with Crippen LogP contribution >= 0.6 is 0 Å². The minimum atomic E-state index is -0.125. The standard InChI is InChI=1S/C15H28N6O/c1-3-20(4-2)11-5-8-17-15(22)14-12-21(19-18-14)13-6-9-16-10-7-13/h12-13,16H,3-11H2,1-2H3,(H,17,22). The highest BCUT2D eigenvalue weighted by Crippen LogP contribution is 2.16. The van der Waals surface area contributed by atoms with Crippen LogP contribution in [-0.4, -0.2) is 65.1 Å². The van der Waals surface area contributed by atoms with Crippen LogP contribution in [0.25, 0.3) is 0 Å². The number of rotatable bonds is 8. The van der Waals surface area contributed by atoms with Gasteiger partial charge in [0.2, 0.25) is 0 Å². The average molecular weight is 308 g/mol. The van der Waals surface area contributed by atoms with E-state index in [9.17, 15) is 4.79 Å². The second-order valence-corrected chi connectivity index (χ2v) is 5.70. The van der Waals surface area contributed by atoms with Gasteiger partial charge in [0.25, 0.3) is 5.91 Å². The zero-order valence-electron chi connectivity index (χ0n) is 13.7. The summed E-state index contributed by atoms with van der Waals surface area (Å²) < 4.78 is 1.84. The first-order chi connectivity index (χ1) is 10.7. The average Bonchev–Trinajstić information content (AvgIpc) is 3.06. The van der Waals surface area contributed by atoms with E-state index < -0.39 is 0 Å². The lowest BCUT2D eigenvalue weighted by Crippen LogP contribution is -2.30. The van der Waals surface area contributed by atoms with E-state index in [4.69, 9.17) is 0 Å². The summed E-state index contributed by atoms with van der Waals surface area (Å²) in [6.45, 7) is 10.1. The molecular weight excluding hydrogens is 280 g/mol. The molecule has 124 valence electrons. The van der Waals surface area contributed by atoms with Crippen molar-refractivity contribution >= 4 is 5.91 Å². The van der Waals surface area contributed by atoms with Gasteiger partial charge in [0, 0.05) is 6.54 Å². The third kappa shape index (κ3) is 4.78. The van der Waals surface area contributed by atoms with Gasteiger partial charge in [-0.05, 0) is 52.0 Å². The van der Waals surface area contributed by atoms with Gasteiger partial charge in [-0.1, -0.05) is 19.1 Å². The van der Waals surface area contributed by atoms with Crippen LogP contribution in [0.3, 0.4) is 0 Å². The molecule has 1 amide bonds. The van der Waals surface area contributed by atoms with Crippen molar-refractivity contribution in [2.45, 2.75) is 39.2 Å². The Bertz CT molecular complexity index is 451. The van der Waals surface area contributed by atoms with Crippen molar-refractivity contribution < 1.29 is 4.79 Å². The highest BCUT2D eigenvalue weighted by molar-refractivity contribution is 5.91. The van der Waals surface area contributed by atoms with E-state index in [0.29, 0.717) is 18.3 Å². The molecule has 0 atom stereocenters. The molecule has 0 spiro atoms. The second kappa shape index (κ2) is 8.85. The van der Waals surface area contributed by atoms with Crippen LogP contribution in [-0.2, 0) is 0 Å². The van der Waals surface area contributed by atoms with Crippen LogP contribution in [0.2, 0.25) is 0 Å². The summed E-state index contributed by atoms with van der Waals surface area (Å²) in [7, 11) is 0. The van der Waals surface area contributed by atoms with Gasteiger partial charge in [-0.15, -0.1) is 5.10 Å². The maximum Gasteiger partial charge on any atom is 0.273 e. The summed E-state index contributed by atoms with van der Waals surface area (Å²) in [4.78, 5) is 14.4. The molecule has 22 heavy (non-hydrogen) atoms. The normalized spacial score (nSPS) is 16.1. The van der Waals surface area contributed by atoms with E-state index >= 15 is 0 Å². The summed E-state index contributed by atoms with van der Waals surface area (Å²) in [5, 5.41) is 14.4. The fraction of sp³-hybridized carbons (Fsp3) is 0.800. The van der Waals surface area contributed by atoms with Crippen LogP contribution in [0.1, 0.15) is 49.6 Å². The van der Waals surface area contributed by atoms with Crippen LogP contribution in [0.15, 0.2) is 6.20 Å². The topological polar surface area (TPSA) is 75.1 Å². The predicted octanol–water partition coefficient (Wildman–Crippen LogP) is 0.664. The molecule has 0 saturated carbocycles. The maximum atomic E-state index is 12.1. The maximum absolute atomic E-state index is 12.1. The van der Waals surface area contributed by atoms with Gasteiger partial charge >= 0.3 is 0 Å². The van der Waals surface area contributed by atoms with Gasteiger partial charge in [0.15, 0.2) is 5.69 Å². The van der Waals surface area contributed by atoms with E-state index in [1.807, 2.05) is 4.68 Å². The van der Waals surface area contributed by atoms with Gasteiger partial charge < -0.3 is 15.5 Å². The Balaban J connectivity index is 1.74. The van der Waals surface area contributed by atoms with Gasteiger partial charge in [-0.2, -0.15) is 0 Å². The molecule has 0 aliphatic carbocycles. The number of aromatic nitrogens is 3. The van der Waals surface area contributed by atoms with Crippen molar-refractivity contribution in [3.63, 3.8) is 0 Å².